The molecule has 0 radical (unpaired) electrons. The summed E-state index contributed by atoms with van der Waals surface area (Å²) in [7, 11) is 0. The van der Waals surface area contributed by atoms with Crippen LogP contribution < -0.4 is 5.32 Å². The molecular weight excluding hydrogens is 294 g/mol. The van der Waals surface area contributed by atoms with Crippen molar-refractivity contribution in [3.63, 3.8) is 0 Å². The number of amides is 1. The molecule has 2 heterocycles. The number of carbonyl (C=O) groups is 3. The lowest BCUT2D eigenvalue weighted by atomic mass is 10.2. The molecule has 2 rings (SSSR count). The largest absolute Gasteiger partial charge is 0.476 e. The van der Waals surface area contributed by atoms with E-state index in [4.69, 9.17) is 5.11 Å². The Balaban J connectivity index is 1.85. The van der Waals surface area contributed by atoms with Crippen LogP contribution in [0.3, 0.4) is 0 Å². The van der Waals surface area contributed by atoms with Crippen LogP contribution >= 0.6 is 11.3 Å². The van der Waals surface area contributed by atoms with Gasteiger partial charge >= 0.3 is 5.97 Å². The minimum Gasteiger partial charge on any atom is -0.476 e. The van der Waals surface area contributed by atoms with Crippen LogP contribution in [0.2, 0.25) is 0 Å². The van der Waals surface area contributed by atoms with E-state index in [1.165, 1.54) is 35.9 Å². The zero-order valence-corrected chi connectivity index (χ0v) is 12.0. The number of nitrogens with zero attached hydrogens (tertiary/aromatic N) is 1. The van der Waals surface area contributed by atoms with Gasteiger partial charge in [-0.1, -0.05) is 0 Å². The highest BCUT2D eigenvalue weighted by molar-refractivity contribution is 7.09. The van der Waals surface area contributed by atoms with Gasteiger partial charge in [-0.2, -0.15) is 0 Å². The Morgan fingerprint density at radius 2 is 2.19 bits per heavy atom. The van der Waals surface area contributed by atoms with Crippen molar-refractivity contribution >= 4 is 29.0 Å². The fourth-order valence-electron chi connectivity index (χ4n) is 1.63. The number of nitrogens with one attached hydrogen (secondary N) is 2. The molecule has 0 aromatic carbocycles. The number of Topliss-reactive ketones (excluding diaryl/α,β-unsaturated/α-hetero) is 1. The number of aromatic nitrogens is 2. The van der Waals surface area contributed by atoms with Gasteiger partial charge in [0.05, 0.1) is 5.01 Å². The fourth-order valence-corrected chi connectivity index (χ4v) is 2.40. The highest BCUT2D eigenvalue weighted by Crippen LogP contribution is 2.10. The lowest BCUT2D eigenvalue weighted by Gasteiger charge is -2.01. The molecule has 0 aliphatic rings. The van der Waals surface area contributed by atoms with Gasteiger partial charge in [-0.3, -0.25) is 9.59 Å². The maximum Gasteiger partial charge on any atom is 0.355 e. The molecule has 2 aromatic rings. The Bertz CT molecular complexity index is 689. The van der Waals surface area contributed by atoms with Crippen molar-refractivity contribution in [2.45, 2.75) is 13.3 Å². The van der Waals surface area contributed by atoms with Crippen LogP contribution in [0.4, 0.5) is 0 Å². The third-order valence-corrected chi connectivity index (χ3v) is 3.64. The smallest absolute Gasteiger partial charge is 0.355 e. The third kappa shape index (κ3) is 3.76. The minimum atomic E-state index is -1.07. The van der Waals surface area contributed by atoms with Gasteiger partial charge in [0.2, 0.25) is 0 Å². The summed E-state index contributed by atoms with van der Waals surface area (Å²) in [6.45, 7) is 1.76. The van der Waals surface area contributed by atoms with E-state index < -0.39 is 5.97 Å². The molecule has 0 spiro atoms. The van der Waals surface area contributed by atoms with Crippen molar-refractivity contribution in [3.8, 4) is 0 Å². The van der Waals surface area contributed by atoms with E-state index in [-0.39, 0.29) is 17.4 Å². The molecule has 3 N–H and O–H groups in total. The predicted molar refractivity (Wildman–Crippen MR) is 75.9 cm³/mol. The maximum atomic E-state index is 11.8. The van der Waals surface area contributed by atoms with Crippen LogP contribution in [0.15, 0.2) is 17.6 Å². The molecule has 7 nitrogen and oxygen atoms in total. The molecule has 0 bridgehead atoms. The van der Waals surface area contributed by atoms with E-state index in [1.54, 1.807) is 0 Å². The van der Waals surface area contributed by atoms with Crippen LogP contribution in [0.25, 0.3) is 0 Å². The second-order valence-corrected chi connectivity index (χ2v) is 5.24. The van der Waals surface area contributed by atoms with Crippen LogP contribution in [-0.2, 0) is 6.42 Å². The summed E-state index contributed by atoms with van der Waals surface area (Å²) in [4.78, 5) is 40.3. The van der Waals surface area contributed by atoms with Crippen LogP contribution in [0, 0.1) is 0 Å². The summed E-state index contributed by atoms with van der Waals surface area (Å²) in [6.07, 6.45) is 1.93. The van der Waals surface area contributed by atoms with Gasteiger partial charge in [0, 0.05) is 30.1 Å². The van der Waals surface area contributed by atoms with Crippen LogP contribution in [0.5, 0.6) is 0 Å². The summed E-state index contributed by atoms with van der Waals surface area (Å²) in [5.74, 6) is -1.50. The van der Waals surface area contributed by atoms with Gasteiger partial charge in [0.15, 0.2) is 11.5 Å². The summed E-state index contributed by atoms with van der Waals surface area (Å²) < 4.78 is 0. The zero-order valence-electron chi connectivity index (χ0n) is 11.2. The van der Waals surface area contributed by atoms with Crippen LogP contribution in [-0.4, -0.2) is 39.3 Å². The van der Waals surface area contributed by atoms with Gasteiger partial charge < -0.3 is 15.4 Å². The average Bonchev–Trinajstić information content (AvgIpc) is 3.07. The first kappa shape index (κ1) is 14.9. The van der Waals surface area contributed by atoms with Crippen molar-refractivity contribution in [1.29, 1.82) is 0 Å². The maximum absolute atomic E-state index is 11.8. The molecule has 0 fully saturated rings. The second kappa shape index (κ2) is 6.31. The highest BCUT2D eigenvalue weighted by atomic mass is 32.1. The Morgan fingerprint density at radius 1 is 1.43 bits per heavy atom. The number of carbonyl (C=O) groups excluding carboxylic acids is 2. The number of rotatable bonds is 6. The second-order valence-electron chi connectivity index (χ2n) is 4.30. The molecule has 0 aliphatic carbocycles. The number of ketones is 1. The zero-order chi connectivity index (χ0) is 15.4. The fraction of sp³-hybridized carbons (Fsp3) is 0.231. The first-order chi connectivity index (χ1) is 9.97. The predicted octanol–water partition coefficient (Wildman–Crippen LogP) is 1.34. The highest BCUT2D eigenvalue weighted by Gasteiger charge is 2.11. The molecular formula is C13H13N3O4S. The number of aromatic carboxylic acids is 1. The quantitative estimate of drug-likeness (QED) is 0.697. The summed E-state index contributed by atoms with van der Waals surface area (Å²) >= 11 is 1.24. The van der Waals surface area contributed by atoms with Crippen molar-refractivity contribution < 1.29 is 19.5 Å². The van der Waals surface area contributed by atoms with Crippen LogP contribution in [0.1, 0.15) is 43.3 Å². The lowest BCUT2D eigenvalue weighted by Crippen LogP contribution is -2.25. The first-order valence-corrected chi connectivity index (χ1v) is 7.00. The number of carboxylic acid groups (broad SMARTS) is 1. The molecule has 0 saturated carbocycles. The number of aromatic amines is 1. The number of hydrogen-bond donors (Lipinski definition) is 3. The van der Waals surface area contributed by atoms with Gasteiger partial charge in [0.1, 0.15) is 5.69 Å². The van der Waals surface area contributed by atoms with Crippen molar-refractivity contribution in [3.05, 3.63) is 39.6 Å². The number of hydrogen-bond acceptors (Lipinski definition) is 5. The lowest BCUT2D eigenvalue weighted by molar-refractivity contribution is 0.0690. The molecule has 21 heavy (non-hydrogen) atoms. The molecule has 2 aromatic heterocycles. The van der Waals surface area contributed by atoms with Gasteiger partial charge in [-0.05, 0) is 13.0 Å². The van der Waals surface area contributed by atoms with Gasteiger partial charge in [-0.25, -0.2) is 9.78 Å². The Labute approximate surface area is 124 Å². The van der Waals surface area contributed by atoms with Crippen molar-refractivity contribution in [2.24, 2.45) is 0 Å². The first-order valence-electron chi connectivity index (χ1n) is 6.12. The van der Waals surface area contributed by atoms with E-state index in [2.05, 4.69) is 15.3 Å². The minimum absolute atomic E-state index is 0.0109. The average molecular weight is 307 g/mol. The van der Waals surface area contributed by atoms with Gasteiger partial charge in [0.25, 0.3) is 5.91 Å². The number of H-pyrrole nitrogens is 1. The molecule has 0 saturated heterocycles. The monoisotopic (exact) mass is 307 g/mol. The molecule has 0 aliphatic heterocycles. The topological polar surface area (TPSA) is 112 Å². The van der Waals surface area contributed by atoms with E-state index >= 15 is 0 Å². The standard InChI is InChI=1S/C13H13N3O4S/c1-7(17)8-4-9(15-5-8)12(18)14-3-2-11-16-10(6-21-11)13(19)20/h4-6,15H,2-3H2,1H3,(H,14,18)(H,19,20). The number of thiazole rings is 1. The third-order valence-electron chi connectivity index (χ3n) is 2.73. The molecule has 110 valence electrons. The summed E-state index contributed by atoms with van der Waals surface area (Å²) in [5.41, 5.74) is 0.772. The molecule has 0 unspecified atom stereocenters. The van der Waals surface area contributed by atoms with Crippen molar-refractivity contribution in [2.75, 3.05) is 6.54 Å². The molecule has 8 heteroatoms. The molecule has 1 amide bonds. The summed E-state index contributed by atoms with van der Waals surface area (Å²) in [6, 6.07) is 1.49. The Morgan fingerprint density at radius 3 is 2.76 bits per heavy atom. The normalized spacial score (nSPS) is 10.3. The van der Waals surface area contributed by atoms with Crippen molar-refractivity contribution in [1.82, 2.24) is 15.3 Å². The van der Waals surface area contributed by atoms with E-state index in [9.17, 15) is 14.4 Å². The SMILES string of the molecule is CC(=O)c1c[nH]c(C(=O)NCCc2nc(C(=O)O)cs2)c1. The summed E-state index contributed by atoms with van der Waals surface area (Å²) in [5, 5.41) is 13.5. The Hall–Kier alpha value is -2.48. The molecule has 0 atom stereocenters. The van der Waals surface area contributed by atoms with Gasteiger partial charge in [-0.15, -0.1) is 11.3 Å². The Kier molecular flexibility index (Phi) is 4.49. The van der Waals surface area contributed by atoms with E-state index in [1.807, 2.05) is 0 Å². The van der Waals surface area contributed by atoms with E-state index in [0.717, 1.165) is 0 Å². The van der Waals surface area contributed by atoms with E-state index in [0.29, 0.717) is 29.2 Å². The number of carboxylic acids is 1.